The van der Waals surface area contributed by atoms with Crippen molar-refractivity contribution in [3.63, 3.8) is 0 Å². The Morgan fingerprint density at radius 2 is 2.24 bits per heavy atom. The number of nitrogens with zero attached hydrogens (tertiary/aromatic N) is 2. The average Bonchev–Trinajstić information content (AvgIpc) is 3.26. The monoisotopic (exact) mass is 344 g/mol. The normalized spacial score (nSPS) is 18.6. The first-order valence-electron chi connectivity index (χ1n) is 9.09. The van der Waals surface area contributed by atoms with Crippen molar-refractivity contribution in [1.29, 1.82) is 0 Å². The van der Waals surface area contributed by atoms with Gasteiger partial charge in [-0.3, -0.25) is 5.10 Å². The molecule has 2 amide bonds. The number of nitrogens with one attached hydrogen (secondary N) is 2. The lowest BCUT2D eigenvalue weighted by atomic mass is 10.0. The predicted octanol–water partition coefficient (Wildman–Crippen LogP) is 3.80. The van der Waals surface area contributed by atoms with Crippen LogP contribution in [0.2, 0.25) is 0 Å². The highest BCUT2D eigenvalue weighted by atomic mass is 16.3. The number of aromatic amines is 1. The molecule has 2 N–H and O–H groups in total. The summed E-state index contributed by atoms with van der Waals surface area (Å²) in [4.78, 5) is 14.7. The van der Waals surface area contributed by atoms with Crippen LogP contribution >= 0.6 is 0 Å². The zero-order valence-electron chi connectivity index (χ0n) is 15.6. The van der Waals surface area contributed by atoms with Crippen LogP contribution in [0, 0.1) is 20.8 Å². The molecule has 0 bridgehead atoms. The molecule has 2 atom stereocenters. The number of aryl methyl sites for hydroxylation is 4. The molecule has 0 unspecified atom stereocenters. The molecule has 25 heavy (non-hydrogen) atoms. The van der Waals surface area contributed by atoms with Gasteiger partial charge in [0.2, 0.25) is 0 Å². The molecule has 1 fully saturated rings. The number of hydrogen-bond acceptors (Lipinski definition) is 3. The lowest BCUT2D eigenvalue weighted by molar-refractivity contribution is 0.188. The second-order valence-corrected chi connectivity index (χ2v) is 7.10. The maximum atomic E-state index is 12.8. The number of rotatable bonds is 5. The van der Waals surface area contributed by atoms with Crippen LogP contribution in [-0.2, 0) is 6.42 Å². The Kier molecular flexibility index (Phi) is 5.16. The van der Waals surface area contributed by atoms with E-state index in [1.807, 2.05) is 44.7 Å². The predicted molar refractivity (Wildman–Crippen MR) is 96.5 cm³/mol. The Morgan fingerprint density at radius 1 is 1.44 bits per heavy atom. The van der Waals surface area contributed by atoms with Gasteiger partial charge in [-0.05, 0) is 59.1 Å². The summed E-state index contributed by atoms with van der Waals surface area (Å²) in [6.07, 6.45) is 3.72. The number of hydrogen-bond donors (Lipinski definition) is 2. The average molecular weight is 344 g/mol. The third-order valence-electron chi connectivity index (χ3n) is 5.02. The van der Waals surface area contributed by atoms with E-state index in [0.717, 1.165) is 55.1 Å². The van der Waals surface area contributed by atoms with Gasteiger partial charge in [0, 0.05) is 30.3 Å². The van der Waals surface area contributed by atoms with Crippen LogP contribution in [0.1, 0.15) is 60.7 Å². The Labute approximate surface area is 149 Å². The zero-order chi connectivity index (χ0) is 18.0. The summed E-state index contributed by atoms with van der Waals surface area (Å²) < 4.78 is 5.60. The van der Waals surface area contributed by atoms with E-state index in [9.17, 15) is 4.79 Å². The van der Waals surface area contributed by atoms with Crippen molar-refractivity contribution in [2.45, 2.75) is 65.5 Å². The van der Waals surface area contributed by atoms with Crippen LogP contribution < -0.4 is 5.32 Å². The minimum Gasteiger partial charge on any atom is -0.466 e. The molecular weight excluding hydrogens is 316 g/mol. The van der Waals surface area contributed by atoms with E-state index in [1.165, 1.54) is 5.56 Å². The van der Waals surface area contributed by atoms with Crippen molar-refractivity contribution in [3.8, 4) is 0 Å². The quantitative estimate of drug-likeness (QED) is 0.866. The van der Waals surface area contributed by atoms with Gasteiger partial charge in [0.15, 0.2) is 0 Å². The Morgan fingerprint density at radius 3 is 2.88 bits per heavy atom. The number of urea groups is 1. The van der Waals surface area contributed by atoms with E-state index in [0.29, 0.717) is 0 Å². The van der Waals surface area contributed by atoms with Crippen molar-refractivity contribution >= 4 is 6.03 Å². The molecular formula is C19H28N4O2. The number of furan rings is 1. The van der Waals surface area contributed by atoms with Gasteiger partial charge < -0.3 is 14.6 Å². The molecule has 2 aromatic rings. The third kappa shape index (κ3) is 3.89. The molecule has 6 heteroatoms. The summed E-state index contributed by atoms with van der Waals surface area (Å²) in [5.74, 6) is 1.90. The summed E-state index contributed by atoms with van der Waals surface area (Å²) in [7, 11) is 0. The van der Waals surface area contributed by atoms with Crippen molar-refractivity contribution in [2.75, 3.05) is 6.54 Å². The lowest BCUT2D eigenvalue weighted by Gasteiger charge is -2.27. The second kappa shape index (κ2) is 7.33. The molecule has 0 aromatic carbocycles. The summed E-state index contributed by atoms with van der Waals surface area (Å²) in [6, 6.07) is 4.23. The van der Waals surface area contributed by atoms with Gasteiger partial charge in [0.05, 0.1) is 11.7 Å². The molecule has 1 aliphatic rings. The van der Waals surface area contributed by atoms with Crippen molar-refractivity contribution in [2.24, 2.45) is 0 Å². The van der Waals surface area contributed by atoms with Gasteiger partial charge in [0.25, 0.3) is 0 Å². The van der Waals surface area contributed by atoms with Crippen molar-refractivity contribution < 1.29 is 9.21 Å². The van der Waals surface area contributed by atoms with E-state index in [2.05, 4.69) is 15.5 Å². The fourth-order valence-corrected chi connectivity index (χ4v) is 3.70. The SMILES string of the molecule is Cc1ccc(CC[C@H](C)NC(=O)N2CCC[C@@H]2c2c(C)n[nH]c2C)o1. The smallest absolute Gasteiger partial charge is 0.318 e. The minimum atomic E-state index is 0.0191. The van der Waals surface area contributed by atoms with Gasteiger partial charge in [0.1, 0.15) is 11.5 Å². The van der Waals surface area contributed by atoms with E-state index >= 15 is 0 Å². The molecule has 1 aliphatic heterocycles. The van der Waals surface area contributed by atoms with Crippen LogP contribution in [0.25, 0.3) is 0 Å². The first kappa shape index (κ1) is 17.6. The number of likely N-dealkylation sites (tertiary alicyclic amines) is 1. The van der Waals surface area contributed by atoms with Crippen LogP contribution in [0.3, 0.4) is 0 Å². The summed E-state index contributed by atoms with van der Waals surface area (Å²) in [6.45, 7) is 8.82. The summed E-state index contributed by atoms with van der Waals surface area (Å²) in [5.41, 5.74) is 3.22. The van der Waals surface area contributed by atoms with Gasteiger partial charge in [-0.25, -0.2) is 4.79 Å². The fraction of sp³-hybridized carbons (Fsp3) is 0.579. The molecule has 1 saturated heterocycles. The second-order valence-electron chi connectivity index (χ2n) is 7.10. The maximum absolute atomic E-state index is 12.8. The molecule has 0 aliphatic carbocycles. The lowest BCUT2D eigenvalue weighted by Crippen LogP contribution is -2.43. The first-order valence-corrected chi connectivity index (χ1v) is 9.09. The van der Waals surface area contributed by atoms with E-state index in [-0.39, 0.29) is 18.1 Å². The molecule has 6 nitrogen and oxygen atoms in total. The Bertz CT molecular complexity index is 714. The largest absolute Gasteiger partial charge is 0.466 e. The van der Waals surface area contributed by atoms with Gasteiger partial charge in [-0.2, -0.15) is 5.10 Å². The maximum Gasteiger partial charge on any atom is 0.318 e. The van der Waals surface area contributed by atoms with Crippen molar-refractivity contribution in [3.05, 3.63) is 40.6 Å². The van der Waals surface area contributed by atoms with Crippen LogP contribution in [0.15, 0.2) is 16.5 Å². The van der Waals surface area contributed by atoms with Crippen LogP contribution in [0.5, 0.6) is 0 Å². The van der Waals surface area contributed by atoms with Gasteiger partial charge in [-0.15, -0.1) is 0 Å². The number of aromatic nitrogens is 2. The van der Waals surface area contributed by atoms with Crippen LogP contribution in [-0.4, -0.2) is 33.7 Å². The molecule has 0 saturated carbocycles. The van der Waals surface area contributed by atoms with Gasteiger partial charge >= 0.3 is 6.03 Å². The Hall–Kier alpha value is -2.24. The highest BCUT2D eigenvalue weighted by Crippen LogP contribution is 2.34. The molecule has 136 valence electrons. The molecule has 0 spiro atoms. The number of carbonyl (C=O) groups is 1. The zero-order valence-corrected chi connectivity index (χ0v) is 15.6. The highest BCUT2D eigenvalue weighted by molar-refractivity contribution is 5.75. The summed E-state index contributed by atoms with van der Waals surface area (Å²) in [5, 5.41) is 10.5. The number of carbonyl (C=O) groups excluding carboxylic acids is 1. The Balaban J connectivity index is 1.58. The van der Waals surface area contributed by atoms with E-state index in [1.54, 1.807) is 0 Å². The molecule has 2 aromatic heterocycles. The number of H-pyrrole nitrogens is 1. The topological polar surface area (TPSA) is 74.2 Å². The molecule has 3 heterocycles. The van der Waals surface area contributed by atoms with Gasteiger partial charge in [-0.1, -0.05) is 0 Å². The summed E-state index contributed by atoms with van der Waals surface area (Å²) >= 11 is 0. The van der Waals surface area contributed by atoms with E-state index < -0.39 is 0 Å². The fourth-order valence-electron chi connectivity index (χ4n) is 3.70. The standard InChI is InChI=1S/C19H28N4O2/c1-12(7-9-16-10-8-13(2)25-16)20-19(24)23-11-5-6-17(23)18-14(3)21-22-15(18)4/h8,10,12,17H,5-7,9,11H2,1-4H3,(H,20,24)(H,21,22)/t12-,17+/m0/s1. The minimum absolute atomic E-state index is 0.0191. The number of amides is 2. The highest BCUT2D eigenvalue weighted by Gasteiger charge is 2.33. The molecule has 0 radical (unpaired) electrons. The van der Waals surface area contributed by atoms with Crippen molar-refractivity contribution in [1.82, 2.24) is 20.4 Å². The van der Waals surface area contributed by atoms with Crippen LogP contribution in [0.4, 0.5) is 4.79 Å². The third-order valence-corrected chi connectivity index (χ3v) is 5.02. The van der Waals surface area contributed by atoms with E-state index in [4.69, 9.17) is 4.42 Å². The molecule has 3 rings (SSSR count). The first-order chi connectivity index (χ1) is 12.0.